The van der Waals surface area contributed by atoms with E-state index in [0.29, 0.717) is 0 Å². The van der Waals surface area contributed by atoms with Crippen LogP contribution in [0.1, 0.15) is 11.3 Å². The fraction of sp³-hybridized carbons (Fsp3) is 0.636. The Labute approximate surface area is 95.1 Å². The highest BCUT2D eigenvalue weighted by Crippen LogP contribution is 2.10. The topological polar surface area (TPSA) is 50.2 Å². The average molecular weight is 222 g/mol. The Morgan fingerprint density at radius 3 is 2.50 bits per heavy atom. The van der Waals surface area contributed by atoms with Gasteiger partial charge >= 0.3 is 0 Å². The molecule has 0 aliphatic carbocycles. The third-order valence-electron chi connectivity index (χ3n) is 3.14. The highest BCUT2D eigenvalue weighted by molar-refractivity contribution is 5.35. The number of nitrogens with one attached hydrogen (secondary N) is 1. The molecule has 0 radical (unpaired) electrons. The van der Waals surface area contributed by atoms with Gasteiger partial charge in [0.2, 0.25) is 5.95 Å². The van der Waals surface area contributed by atoms with Crippen molar-refractivity contribution in [3.05, 3.63) is 21.6 Å². The molecule has 88 valence electrons. The molecule has 1 fully saturated rings. The fourth-order valence-electron chi connectivity index (χ4n) is 1.95. The average Bonchev–Trinajstić information content (AvgIpc) is 2.32. The van der Waals surface area contributed by atoms with Crippen molar-refractivity contribution in [1.29, 1.82) is 0 Å². The van der Waals surface area contributed by atoms with Crippen LogP contribution in [0.3, 0.4) is 0 Å². The molecule has 0 aromatic carbocycles. The van der Waals surface area contributed by atoms with Crippen LogP contribution in [-0.4, -0.2) is 35.7 Å². The van der Waals surface area contributed by atoms with Crippen LogP contribution in [0.4, 0.5) is 5.95 Å². The normalized spacial score (nSPS) is 16.6. The van der Waals surface area contributed by atoms with Gasteiger partial charge in [0.15, 0.2) is 0 Å². The smallest absolute Gasteiger partial charge is 0.257 e. The van der Waals surface area contributed by atoms with Crippen molar-refractivity contribution in [1.82, 2.24) is 14.9 Å². The van der Waals surface area contributed by atoms with E-state index in [2.05, 4.69) is 15.2 Å². The summed E-state index contributed by atoms with van der Waals surface area (Å²) in [7, 11) is 1.79. The third kappa shape index (κ3) is 1.82. The van der Waals surface area contributed by atoms with E-state index >= 15 is 0 Å². The minimum absolute atomic E-state index is 0.0565. The number of nitrogens with zero attached hydrogens (tertiary/aromatic N) is 3. The first-order valence-corrected chi connectivity index (χ1v) is 5.61. The van der Waals surface area contributed by atoms with Crippen molar-refractivity contribution in [3.8, 4) is 0 Å². The summed E-state index contributed by atoms with van der Waals surface area (Å²) in [6.45, 7) is 7.42. The van der Waals surface area contributed by atoms with E-state index in [0.717, 1.165) is 43.4 Å². The van der Waals surface area contributed by atoms with Gasteiger partial charge in [0.1, 0.15) is 0 Å². The molecule has 0 atom stereocenters. The first-order valence-electron chi connectivity index (χ1n) is 5.61. The molecule has 2 heterocycles. The van der Waals surface area contributed by atoms with Crippen LogP contribution in [0.2, 0.25) is 0 Å². The molecule has 5 heteroatoms. The lowest BCUT2D eigenvalue weighted by Crippen LogP contribution is -2.46. The second kappa shape index (κ2) is 4.25. The summed E-state index contributed by atoms with van der Waals surface area (Å²) in [5.41, 5.74) is 1.62. The minimum atomic E-state index is 0.0565. The zero-order chi connectivity index (χ0) is 11.7. The Kier molecular flexibility index (Phi) is 2.96. The highest BCUT2D eigenvalue weighted by atomic mass is 16.1. The van der Waals surface area contributed by atoms with Crippen LogP contribution in [0, 0.1) is 13.8 Å². The van der Waals surface area contributed by atoms with Crippen molar-refractivity contribution in [2.45, 2.75) is 13.8 Å². The van der Waals surface area contributed by atoms with Gasteiger partial charge in [-0.2, -0.15) is 0 Å². The summed E-state index contributed by atoms with van der Waals surface area (Å²) in [5, 5.41) is 3.29. The maximum Gasteiger partial charge on any atom is 0.257 e. The number of rotatable bonds is 1. The summed E-state index contributed by atoms with van der Waals surface area (Å²) < 4.78 is 1.65. The lowest BCUT2D eigenvalue weighted by atomic mass is 10.2. The number of aryl methyl sites for hydroxylation is 1. The number of hydrogen-bond acceptors (Lipinski definition) is 4. The van der Waals surface area contributed by atoms with E-state index in [1.807, 2.05) is 13.8 Å². The van der Waals surface area contributed by atoms with Gasteiger partial charge < -0.3 is 10.2 Å². The van der Waals surface area contributed by atoms with Crippen LogP contribution in [0.5, 0.6) is 0 Å². The Morgan fingerprint density at radius 2 is 1.88 bits per heavy atom. The molecule has 0 saturated carbocycles. The summed E-state index contributed by atoms with van der Waals surface area (Å²) in [6.07, 6.45) is 0. The van der Waals surface area contributed by atoms with Crippen LogP contribution >= 0.6 is 0 Å². The first kappa shape index (κ1) is 11.1. The van der Waals surface area contributed by atoms with Gasteiger partial charge in [-0.05, 0) is 13.8 Å². The van der Waals surface area contributed by atoms with Crippen LogP contribution in [0.15, 0.2) is 4.79 Å². The number of anilines is 1. The van der Waals surface area contributed by atoms with Gasteiger partial charge in [-0.1, -0.05) is 0 Å². The van der Waals surface area contributed by atoms with Gasteiger partial charge in [0.25, 0.3) is 5.56 Å². The molecule has 0 spiro atoms. The fourth-order valence-corrected chi connectivity index (χ4v) is 1.95. The Bertz CT molecular complexity index is 446. The van der Waals surface area contributed by atoms with E-state index in [9.17, 15) is 4.79 Å². The largest absolute Gasteiger partial charge is 0.340 e. The molecular weight excluding hydrogens is 204 g/mol. The maximum atomic E-state index is 11.9. The number of hydrogen-bond donors (Lipinski definition) is 1. The van der Waals surface area contributed by atoms with Crippen LogP contribution < -0.4 is 15.8 Å². The maximum absolute atomic E-state index is 11.9. The van der Waals surface area contributed by atoms with Gasteiger partial charge in [0.05, 0.1) is 0 Å². The molecule has 2 rings (SSSR count). The summed E-state index contributed by atoms with van der Waals surface area (Å²) in [6, 6.07) is 0. The summed E-state index contributed by atoms with van der Waals surface area (Å²) >= 11 is 0. The Balaban J connectivity index is 2.44. The predicted molar refractivity (Wildman–Crippen MR) is 64.0 cm³/mol. The van der Waals surface area contributed by atoms with Gasteiger partial charge in [-0.3, -0.25) is 9.36 Å². The SMILES string of the molecule is Cc1nc(N2CCNCC2)n(C)c(=O)c1C. The first-order chi connectivity index (χ1) is 7.61. The lowest BCUT2D eigenvalue weighted by Gasteiger charge is -2.29. The van der Waals surface area contributed by atoms with Crippen molar-refractivity contribution < 1.29 is 0 Å². The Hall–Kier alpha value is -1.36. The Morgan fingerprint density at radius 1 is 1.25 bits per heavy atom. The minimum Gasteiger partial charge on any atom is -0.340 e. The lowest BCUT2D eigenvalue weighted by molar-refractivity contribution is 0.566. The highest BCUT2D eigenvalue weighted by Gasteiger charge is 2.16. The van der Waals surface area contributed by atoms with Crippen molar-refractivity contribution in [3.63, 3.8) is 0 Å². The zero-order valence-electron chi connectivity index (χ0n) is 10.1. The standard InChI is InChI=1S/C11H18N4O/c1-8-9(2)13-11(14(3)10(8)16)15-6-4-12-5-7-15/h12H,4-7H2,1-3H3. The van der Waals surface area contributed by atoms with Gasteiger partial charge in [-0.15, -0.1) is 0 Å². The van der Waals surface area contributed by atoms with E-state index in [-0.39, 0.29) is 5.56 Å². The molecule has 0 bridgehead atoms. The van der Waals surface area contributed by atoms with Gasteiger partial charge in [-0.25, -0.2) is 4.98 Å². The second-order valence-corrected chi connectivity index (χ2v) is 4.22. The predicted octanol–water partition coefficient (Wildman–Crippen LogP) is -0.193. The molecule has 0 unspecified atom stereocenters. The monoisotopic (exact) mass is 222 g/mol. The zero-order valence-corrected chi connectivity index (χ0v) is 10.1. The summed E-state index contributed by atoms with van der Waals surface area (Å²) in [4.78, 5) is 18.6. The van der Waals surface area contributed by atoms with Crippen LogP contribution in [0.25, 0.3) is 0 Å². The van der Waals surface area contributed by atoms with Crippen molar-refractivity contribution in [2.24, 2.45) is 7.05 Å². The third-order valence-corrected chi connectivity index (χ3v) is 3.14. The van der Waals surface area contributed by atoms with E-state index in [4.69, 9.17) is 0 Å². The molecule has 1 N–H and O–H groups in total. The summed E-state index contributed by atoms with van der Waals surface area (Å²) in [5.74, 6) is 0.787. The molecule has 1 saturated heterocycles. The molecular formula is C11H18N4O. The molecule has 1 aromatic rings. The molecule has 1 aliphatic heterocycles. The number of aromatic nitrogens is 2. The quantitative estimate of drug-likeness (QED) is 0.715. The molecule has 0 amide bonds. The van der Waals surface area contributed by atoms with Crippen molar-refractivity contribution in [2.75, 3.05) is 31.1 Å². The van der Waals surface area contributed by atoms with Crippen molar-refractivity contribution >= 4 is 5.95 Å². The van der Waals surface area contributed by atoms with E-state index in [1.54, 1.807) is 11.6 Å². The molecule has 5 nitrogen and oxygen atoms in total. The second-order valence-electron chi connectivity index (χ2n) is 4.22. The van der Waals surface area contributed by atoms with Gasteiger partial charge in [0, 0.05) is 44.5 Å². The molecule has 1 aromatic heterocycles. The van der Waals surface area contributed by atoms with E-state index in [1.165, 1.54) is 0 Å². The molecule has 1 aliphatic rings. The van der Waals surface area contributed by atoms with E-state index < -0.39 is 0 Å². The number of piperazine rings is 1. The van der Waals surface area contributed by atoms with Crippen LogP contribution in [-0.2, 0) is 7.05 Å². The molecule has 16 heavy (non-hydrogen) atoms.